The molecule has 1 aromatic carbocycles. The Labute approximate surface area is 157 Å². The van der Waals surface area contributed by atoms with E-state index in [1.54, 1.807) is 18.5 Å². The van der Waals surface area contributed by atoms with Crippen LogP contribution < -0.4 is 10.9 Å². The molecule has 6 heteroatoms. The van der Waals surface area contributed by atoms with Gasteiger partial charge < -0.3 is 5.32 Å². The second-order valence-corrected chi connectivity index (χ2v) is 6.38. The number of carbonyl (C=O) groups is 1. The molecule has 1 amide bonds. The van der Waals surface area contributed by atoms with E-state index >= 15 is 0 Å². The summed E-state index contributed by atoms with van der Waals surface area (Å²) in [4.78, 5) is 28.0. The van der Waals surface area contributed by atoms with Crippen LogP contribution in [0.2, 0.25) is 0 Å². The fraction of sp³-hybridized carbons (Fsp3) is 0.238. The van der Waals surface area contributed by atoms with Gasteiger partial charge in [-0.15, -0.1) is 0 Å². The Hall–Kier alpha value is -3.28. The Morgan fingerprint density at radius 1 is 1.04 bits per heavy atom. The minimum Gasteiger partial charge on any atom is -0.352 e. The van der Waals surface area contributed by atoms with Crippen LogP contribution in [0, 0.1) is 6.92 Å². The van der Waals surface area contributed by atoms with Gasteiger partial charge in [0, 0.05) is 43.5 Å². The lowest BCUT2D eigenvalue weighted by Gasteiger charge is -2.08. The molecule has 0 aliphatic heterocycles. The number of benzene rings is 1. The van der Waals surface area contributed by atoms with Crippen molar-refractivity contribution in [3.63, 3.8) is 0 Å². The average molecular weight is 362 g/mol. The monoisotopic (exact) mass is 362 g/mol. The Morgan fingerprint density at radius 3 is 2.52 bits per heavy atom. The Kier molecular flexibility index (Phi) is 6.10. The molecule has 0 saturated heterocycles. The van der Waals surface area contributed by atoms with E-state index in [1.807, 2.05) is 43.3 Å². The van der Waals surface area contributed by atoms with Gasteiger partial charge in [-0.1, -0.05) is 29.8 Å². The van der Waals surface area contributed by atoms with E-state index in [4.69, 9.17) is 0 Å². The number of nitrogens with zero attached hydrogens (tertiary/aromatic N) is 3. The predicted molar refractivity (Wildman–Crippen MR) is 104 cm³/mol. The van der Waals surface area contributed by atoms with Gasteiger partial charge in [-0.25, -0.2) is 4.68 Å². The lowest BCUT2D eigenvalue weighted by Crippen LogP contribution is -2.25. The Bertz CT molecular complexity index is 950. The molecule has 0 bridgehead atoms. The van der Waals surface area contributed by atoms with Crippen LogP contribution in [0.1, 0.15) is 24.0 Å². The van der Waals surface area contributed by atoms with E-state index in [-0.39, 0.29) is 11.5 Å². The molecule has 0 aliphatic carbocycles. The van der Waals surface area contributed by atoms with E-state index in [9.17, 15) is 9.59 Å². The molecule has 2 aromatic heterocycles. The van der Waals surface area contributed by atoms with Crippen molar-refractivity contribution in [2.24, 2.45) is 0 Å². The highest BCUT2D eigenvalue weighted by molar-refractivity contribution is 5.75. The summed E-state index contributed by atoms with van der Waals surface area (Å²) >= 11 is 0. The van der Waals surface area contributed by atoms with Crippen molar-refractivity contribution >= 4 is 5.91 Å². The fourth-order valence-electron chi connectivity index (χ4n) is 2.67. The summed E-state index contributed by atoms with van der Waals surface area (Å²) in [7, 11) is 0. The summed E-state index contributed by atoms with van der Waals surface area (Å²) in [5, 5.41) is 7.29. The molecule has 0 radical (unpaired) electrons. The molecular formula is C21H22N4O2. The summed E-state index contributed by atoms with van der Waals surface area (Å²) in [5.41, 5.74) is 3.69. The number of pyridine rings is 1. The van der Waals surface area contributed by atoms with Gasteiger partial charge in [0.2, 0.25) is 5.91 Å². The first kappa shape index (κ1) is 18.5. The Morgan fingerprint density at radius 2 is 1.78 bits per heavy atom. The van der Waals surface area contributed by atoms with E-state index in [0.29, 0.717) is 31.6 Å². The molecule has 0 atom stereocenters. The minimum absolute atomic E-state index is 0.0334. The smallest absolute Gasteiger partial charge is 0.266 e. The minimum atomic E-state index is -0.173. The number of aromatic nitrogens is 3. The lowest BCUT2D eigenvalue weighted by molar-refractivity contribution is -0.121. The standard InChI is InChI=1S/C21H22N4O2/c1-16-4-6-17(7-5-16)15-23-20(26)3-2-14-25-21(27)9-8-19(24-25)18-10-12-22-13-11-18/h4-13H,2-3,14-15H2,1H3,(H,23,26). The number of nitrogens with one attached hydrogen (secondary N) is 1. The van der Waals surface area contributed by atoms with Gasteiger partial charge in [0.1, 0.15) is 0 Å². The molecule has 3 aromatic rings. The predicted octanol–water partition coefficient (Wildman–Crippen LogP) is 2.71. The van der Waals surface area contributed by atoms with Crippen molar-refractivity contribution in [1.29, 1.82) is 0 Å². The van der Waals surface area contributed by atoms with E-state index in [0.717, 1.165) is 11.1 Å². The lowest BCUT2D eigenvalue weighted by atomic mass is 10.1. The number of hydrogen-bond acceptors (Lipinski definition) is 4. The highest BCUT2D eigenvalue weighted by Gasteiger charge is 2.06. The van der Waals surface area contributed by atoms with Crippen molar-refractivity contribution in [3.05, 3.63) is 82.4 Å². The normalized spacial score (nSPS) is 10.6. The summed E-state index contributed by atoms with van der Waals surface area (Å²) < 4.78 is 1.41. The third-order valence-electron chi connectivity index (χ3n) is 4.23. The quantitative estimate of drug-likeness (QED) is 0.701. The first-order valence-electron chi connectivity index (χ1n) is 8.92. The van der Waals surface area contributed by atoms with E-state index in [2.05, 4.69) is 15.4 Å². The molecule has 6 nitrogen and oxygen atoms in total. The van der Waals surface area contributed by atoms with Gasteiger partial charge >= 0.3 is 0 Å². The summed E-state index contributed by atoms with van der Waals surface area (Å²) in [6, 6.07) is 14.9. The zero-order valence-corrected chi connectivity index (χ0v) is 15.3. The number of aryl methyl sites for hydroxylation is 2. The molecule has 0 unspecified atom stereocenters. The van der Waals surface area contributed by atoms with Crippen LogP contribution in [0.5, 0.6) is 0 Å². The van der Waals surface area contributed by atoms with Crippen molar-refractivity contribution in [2.75, 3.05) is 0 Å². The SMILES string of the molecule is Cc1ccc(CNC(=O)CCCn2nc(-c3ccncc3)ccc2=O)cc1. The van der Waals surface area contributed by atoms with Crippen LogP contribution in [0.25, 0.3) is 11.3 Å². The molecule has 3 rings (SSSR count). The maximum atomic E-state index is 12.0. The van der Waals surface area contributed by atoms with E-state index in [1.165, 1.54) is 16.3 Å². The van der Waals surface area contributed by atoms with Crippen LogP contribution in [0.4, 0.5) is 0 Å². The zero-order chi connectivity index (χ0) is 19.1. The molecule has 138 valence electrons. The summed E-state index contributed by atoms with van der Waals surface area (Å²) in [6.45, 7) is 2.94. The molecule has 0 fully saturated rings. The van der Waals surface area contributed by atoms with Crippen molar-refractivity contribution in [2.45, 2.75) is 32.9 Å². The van der Waals surface area contributed by atoms with Crippen LogP contribution in [0.3, 0.4) is 0 Å². The highest BCUT2D eigenvalue weighted by Crippen LogP contribution is 2.13. The number of amides is 1. The molecule has 0 saturated carbocycles. The van der Waals surface area contributed by atoms with Crippen molar-refractivity contribution in [1.82, 2.24) is 20.1 Å². The topological polar surface area (TPSA) is 76.9 Å². The summed E-state index contributed by atoms with van der Waals surface area (Å²) in [6.07, 6.45) is 4.27. The van der Waals surface area contributed by atoms with Gasteiger partial charge in [0.25, 0.3) is 5.56 Å². The van der Waals surface area contributed by atoms with Crippen LogP contribution in [-0.4, -0.2) is 20.7 Å². The summed E-state index contributed by atoms with van der Waals surface area (Å²) in [5.74, 6) is -0.0334. The largest absolute Gasteiger partial charge is 0.352 e. The van der Waals surface area contributed by atoms with Gasteiger partial charge in [-0.3, -0.25) is 14.6 Å². The van der Waals surface area contributed by atoms with Gasteiger partial charge in [0.15, 0.2) is 0 Å². The third kappa shape index (κ3) is 5.34. The van der Waals surface area contributed by atoms with Crippen LogP contribution in [0.15, 0.2) is 65.7 Å². The first-order valence-corrected chi connectivity index (χ1v) is 8.92. The van der Waals surface area contributed by atoms with Gasteiger partial charge in [-0.2, -0.15) is 5.10 Å². The maximum absolute atomic E-state index is 12.0. The van der Waals surface area contributed by atoms with Crippen LogP contribution >= 0.6 is 0 Å². The van der Waals surface area contributed by atoms with Gasteiger partial charge in [0.05, 0.1) is 5.69 Å². The van der Waals surface area contributed by atoms with Gasteiger partial charge in [-0.05, 0) is 37.1 Å². The Balaban J connectivity index is 1.51. The number of hydrogen-bond donors (Lipinski definition) is 1. The van der Waals surface area contributed by atoms with Crippen LogP contribution in [-0.2, 0) is 17.9 Å². The number of rotatable bonds is 7. The van der Waals surface area contributed by atoms with Crippen molar-refractivity contribution in [3.8, 4) is 11.3 Å². The van der Waals surface area contributed by atoms with E-state index < -0.39 is 0 Å². The second kappa shape index (κ2) is 8.89. The second-order valence-electron chi connectivity index (χ2n) is 6.38. The molecule has 1 N–H and O–H groups in total. The number of carbonyl (C=O) groups excluding carboxylic acids is 1. The third-order valence-corrected chi connectivity index (χ3v) is 4.23. The zero-order valence-electron chi connectivity index (χ0n) is 15.3. The fourth-order valence-corrected chi connectivity index (χ4v) is 2.67. The van der Waals surface area contributed by atoms with Crippen molar-refractivity contribution < 1.29 is 4.79 Å². The molecular weight excluding hydrogens is 340 g/mol. The highest BCUT2D eigenvalue weighted by atomic mass is 16.1. The molecule has 0 aliphatic rings. The maximum Gasteiger partial charge on any atom is 0.266 e. The molecule has 27 heavy (non-hydrogen) atoms. The average Bonchev–Trinajstić information content (AvgIpc) is 2.69. The molecule has 0 spiro atoms. The first-order chi connectivity index (χ1) is 13.1. The molecule has 2 heterocycles.